The maximum absolute atomic E-state index is 9.28. The van der Waals surface area contributed by atoms with Crippen molar-refractivity contribution in [3.63, 3.8) is 0 Å². The van der Waals surface area contributed by atoms with E-state index < -0.39 is 0 Å². The summed E-state index contributed by atoms with van der Waals surface area (Å²) in [5.41, 5.74) is 3.91. The minimum absolute atomic E-state index is 0.0438. The predicted molar refractivity (Wildman–Crippen MR) is 73.1 cm³/mol. The largest absolute Gasteiger partial charge is 0.198 e. The summed E-state index contributed by atoms with van der Waals surface area (Å²) >= 11 is 0. The smallest absolute Gasteiger partial charge is 0.0715 e. The lowest BCUT2D eigenvalue weighted by Crippen LogP contribution is -2.12. The van der Waals surface area contributed by atoms with E-state index in [9.17, 15) is 5.26 Å². The molecule has 0 amide bonds. The Kier molecular flexibility index (Phi) is 4.34. The van der Waals surface area contributed by atoms with Crippen LogP contribution in [0.25, 0.3) is 0 Å². The normalized spacial score (nSPS) is 13.2. The van der Waals surface area contributed by atoms with Gasteiger partial charge in [0.25, 0.3) is 0 Å². The average Bonchev–Trinajstić information content (AvgIpc) is 2.25. The van der Waals surface area contributed by atoms with Gasteiger partial charge in [0, 0.05) is 0 Å². The molecule has 92 valence electrons. The Hall–Kier alpha value is -1.29. The second-order valence-corrected chi connectivity index (χ2v) is 5.79. The molecule has 1 nitrogen and oxygen atoms in total. The van der Waals surface area contributed by atoms with Gasteiger partial charge in [-0.2, -0.15) is 5.26 Å². The highest BCUT2D eigenvalue weighted by atomic mass is 14.3. The summed E-state index contributed by atoms with van der Waals surface area (Å²) in [6.45, 7) is 10.9. The van der Waals surface area contributed by atoms with E-state index in [2.05, 4.69) is 58.9 Å². The van der Waals surface area contributed by atoms with Gasteiger partial charge in [-0.3, -0.25) is 0 Å². The molecular weight excluding hydrogens is 206 g/mol. The molecule has 0 bridgehead atoms. The van der Waals surface area contributed by atoms with Crippen LogP contribution in [0.1, 0.15) is 63.1 Å². The first-order valence-corrected chi connectivity index (χ1v) is 6.40. The second-order valence-electron chi connectivity index (χ2n) is 5.79. The minimum Gasteiger partial charge on any atom is -0.198 e. The molecule has 1 unspecified atom stereocenters. The summed E-state index contributed by atoms with van der Waals surface area (Å²) in [5, 5.41) is 9.28. The number of nitrogens with zero attached hydrogens (tertiary/aromatic N) is 1. The maximum Gasteiger partial charge on any atom is 0.0715 e. The monoisotopic (exact) mass is 229 g/mol. The van der Waals surface area contributed by atoms with Gasteiger partial charge in [0.15, 0.2) is 0 Å². The zero-order chi connectivity index (χ0) is 13.1. The Bertz CT molecular complexity index is 418. The highest BCUT2D eigenvalue weighted by Gasteiger charge is 2.18. The first-order valence-electron chi connectivity index (χ1n) is 6.40. The van der Waals surface area contributed by atoms with E-state index in [-0.39, 0.29) is 11.3 Å². The zero-order valence-corrected chi connectivity index (χ0v) is 11.7. The van der Waals surface area contributed by atoms with E-state index in [1.165, 1.54) is 16.7 Å². The summed E-state index contributed by atoms with van der Waals surface area (Å²) in [4.78, 5) is 0. The molecule has 1 rings (SSSR count). The molecule has 0 aliphatic carbocycles. The third-order valence-electron chi connectivity index (χ3n) is 3.25. The predicted octanol–water partition coefficient (Wildman–Crippen LogP) is 4.70. The van der Waals surface area contributed by atoms with Crippen LogP contribution in [0.2, 0.25) is 0 Å². The van der Waals surface area contributed by atoms with Crippen molar-refractivity contribution in [3.8, 4) is 6.07 Å². The zero-order valence-electron chi connectivity index (χ0n) is 11.7. The molecule has 1 aromatic carbocycles. The van der Waals surface area contributed by atoms with Crippen molar-refractivity contribution in [2.75, 3.05) is 0 Å². The minimum atomic E-state index is 0.0438. The molecule has 1 heteroatoms. The Morgan fingerprint density at radius 1 is 1.29 bits per heavy atom. The number of aryl methyl sites for hydroxylation is 1. The lowest BCUT2D eigenvalue weighted by molar-refractivity contribution is 0.587. The Morgan fingerprint density at radius 3 is 2.41 bits per heavy atom. The molecule has 0 aromatic heterocycles. The molecule has 0 heterocycles. The lowest BCUT2D eigenvalue weighted by Gasteiger charge is -2.22. The topological polar surface area (TPSA) is 23.8 Å². The Morgan fingerprint density at radius 2 is 1.94 bits per heavy atom. The third-order valence-corrected chi connectivity index (χ3v) is 3.25. The van der Waals surface area contributed by atoms with Crippen LogP contribution in [0, 0.1) is 18.3 Å². The van der Waals surface area contributed by atoms with E-state index >= 15 is 0 Å². The van der Waals surface area contributed by atoms with Gasteiger partial charge in [-0.25, -0.2) is 0 Å². The van der Waals surface area contributed by atoms with Crippen molar-refractivity contribution in [3.05, 3.63) is 34.9 Å². The van der Waals surface area contributed by atoms with Crippen LogP contribution in [-0.4, -0.2) is 0 Å². The van der Waals surface area contributed by atoms with E-state index in [0.29, 0.717) is 0 Å². The fraction of sp³-hybridized carbons (Fsp3) is 0.562. The fourth-order valence-electron chi connectivity index (χ4n) is 2.06. The van der Waals surface area contributed by atoms with E-state index in [1.54, 1.807) is 0 Å². The Labute approximate surface area is 105 Å². The number of hydrogen-bond donors (Lipinski definition) is 0. The van der Waals surface area contributed by atoms with Crippen molar-refractivity contribution in [1.82, 2.24) is 0 Å². The molecule has 0 saturated carbocycles. The first-order chi connectivity index (χ1) is 7.90. The van der Waals surface area contributed by atoms with Gasteiger partial charge in [-0.05, 0) is 35.4 Å². The van der Waals surface area contributed by atoms with Gasteiger partial charge in [0.1, 0.15) is 0 Å². The standard InChI is InChI=1S/C16H23N/c1-6-7-13(11-17)15-10-14(16(3,4)5)9-8-12(15)2/h8-10,13H,6-7H2,1-5H3. The SMILES string of the molecule is CCCC(C#N)c1cc(C(C)(C)C)ccc1C. The number of benzene rings is 1. The highest BCUT2D eigenvalue weighted by molar-refractivity contribution is 5.39. The summed E-state index contributed by atoms with van der Waals surface area (Å²) in [6, 6.07) is 8.99. The number of nitriles is 1. The molecule has 0 fully saturated rings. The summed E-state index contributed by atoms with van der Waals surface area (Å²) < 4.78 is 0. The van der Waals surface area contributed by atoms with E-state index in [0.717, 1.165) is 12.8 Å². The van der Waals surface area contributed by atoms with E-state index in [1.807, 2.05) is 0 Å². The molecule has 0 spiro atoms. The van der Waals surface area contributed by atoms with Crippen molar-refractivity contribution < 1.29 is 0 Å². The van der Waals surface area contributed by atoms with Crippen LogP contribution < -0.4 is 0 Å². The molecule has 0 aliphatic rings. The molecule has 1 aromatic rings. The van der Waals surface area contributed by atoms with Crippen LogP contribution in [0.15, 0.2) is 18.2 Å². The van der Waals surface area contributed by atoms with Crippen molar-refractivity contribution in [2.24, 2.45) is 0 Å². The lowest BCUT2D eigenvalue weighted by atomic mass is 9.82. The molecule has 0 N–H and O–H groups in total. The molecule has 0 radical (unpaired) electrons. The van der Waals surface area contributed by atoms with E-state index in [4.69, 9.17) is 0 Å². The molecule has 0 aliphatic heterocycles. The van der Waals surface area contributed by atoms with Gasteiger partial charge in [-0.15, -0.1) is 0 Å². The summed E-state index contributed by atoms with van der Waals surface area (Å²) in [6.07, 6.45) is 2.00. The van der Waals surface area contributed by atoms with Crippen LogP contribution in [0.5, 0.6) is 0 Å². The van der Waals surface area contributed by atoms with Crippen LogP contribution in [0.3, 0.4) is 0 Å². The molecule has 17 heavy (non-hydrogen) atoms. The van der Waals surface area contributed by atoms with Gasteiger partial charge < -0.3 is 0 Å². The van der Waals surface area contributed by atoms with Gasteiger partial charge in [0.2, 0.25) is 0 Å². The summed E-state index contributed by atoms with van der Waals surface area (Å²) in [5.74, 6) is 0.0438. The van der Waals surface area contributed by atoms with Crippen molar-refractivity contribution in [2.45, 2.75) is 58.8 Å². The molecule has 1 atom stereocenters. The fourth-order valence-corrected chi connectivity index (χ4v) is 2.06. The van der Waals surface area contributed by atoms with Crippen molar-refractivity contribution >= 4 is 0 Å². The summed E-state index contributed by atoms with van der Waals surface area (Å²) in [7, 11) is 0. The van der Waals surface area contributed by atoms with Gasteiger partial charge in [0.05, 0.1) is 12.0 Å². The van der Waals surface area contributed by atoms with Crippen LogP contribution in [-0.2, 0) is 5.41 Å². The number of hydrogen-bond acceptors (Lipinski definition) is 1. The molecular formula is C16H23N. The van der Waals surface area contributed by atoms with Gasteiger partial charge in [-0.1, -0.05) is 52.3 Å². The average molecular weight is 229 g/mol. The second kappa shape index (κ2) is 5.36. The first kappa shape index (κ1) is 13.8. The van der Waals surface area contributed by atoms with Crippen LogP contribution in [0.4, 0.5) is 0 Å². The van der Waals surface area contributed by atoms with Gasteiger partial charge >= 0.3 is 0 Å². The Balaban J connectivity index is 3.19. The van der Waals surface area contributed by atoms with Crippen molar-refractivity contribution in [1.29, 1.82) is 5.26 Å². The maximum atomic E-state index is 9.28. The quantitative estimate of drug-likeness (QED) is 0.737. The number of rotatable bonds is 3. The third kappa shape index (κ3) is 3.33. The van der Waals surface area contributed by atoms with Crippen LogP contribution >= 0.6 is 0 Å². The highest BCUT2D eigenvalue weighted by Crippen LogP contribution is 2.29. The molecule has 0 saturated heterocycles.